The summed E-state index contributed by atoms with van der Waals surface area (Å²) in [6.45, 7) is 11.9. The third kappa shape index (κ3) is 2.98. The summed E-state index contributed by atoms with van der Waals surface area (Å²) < 4.78 is 0. The minimum Gasteiger partial charge on any atom is -0.356 e. The Bertz CT molecular complexity index is 450. The molecule has 0 aromatic carbocycles. The summed E-state index contributed by atoms with van der Waals surface area (Å²) in [5.74, 6) is 1.57. The van der Waals surface area contributed by atoms with Crippen molar-refractivity contribution < 1.29 is 0 Å². The summed E-state index contributed by atoms with van der Waals surface area (Å²) in [6, 6.07) is 4.32. The van der Waals surface area contributed by atoms with Crippen molar-refractivity contribution in [1.29, 1.82) is 0 Å². The van der Waals surface area contributed by atoms with Crippen LogP contribution in [-0.2, 0) is 6.54 Å². The van der Waals surface area contributed by atoms with Crippen molar-refractivity contribution in [1.82, 2.24) is 4.98 Å². The maximum atomic E-state index is 5.85. The van der Waals surface area contributed by atoms with Gasteiger partial charge in [0.25, 0.3) is 0 Å². The van der Waals surface area contributed by atoms with E-state index in [1.807, 2.05) is 0 Å². The zero-order valence-corrected chi connectivity index (χ0v) is 13.4. The molecular formula is C17H29N3. The van der Waals surface area contributed by atoms with Crippen LogP contribution in [0.4, 0.5) is 5.82 Å². The third-order valence-electron chi connectivity index (χ3n) is 4.98. The van der Waals surface area contributed by atoms with Crippen LogP contribution in [0.25, 0.3) is 0 Å². The fraction of sp³-hybridized carbons (Fsp3) is 0.706. The number of aromatic nitrogens is 1. The van der Waals surface area contributed by atoms with E-state index >= 15 is 0 Å². The molecule has 2 heterocycles. The molecule has 1 aliphatic heterocycles. The average molecular weight is 275 g/mol. The van der Waals surface area contributed by atoms with E-state index in [2.05, 4.69) is 44.7 Å². The van der Waals surface area contributed by atoms with Crippen molar-refractivity contribution in [3.05, 3.63) is 23.4 Å². The predicted octanol–water partition coefficient (Wildman–Crippen LogP) is 3.68. The van der Waals surface area contributed by atoms with Gasteiger partial charge in [0.05, 0.1) is 0 Å². The summed E-state index contributed by atoms with van der Waals surface area (Å²) >= 11 is 0. The Balaban J connectivity index is 2.27. The number of hydrogen-bond donors (Lipinski definition) is 1. The second-order valence-corrected chi connectivity index (χ2v) is 6.50. The van der Waals surface area contributed by atoms with E-state index in [0.29, 0.717) is 17.9 Å². The molecule has 0 unspecified atom stereocenters. The molecule has 0 atom stereocenters. The van der Waals surface area contributed by atoms with Crippen LogP contribution < -0.4 is 10.6 Å². The molecule has 20 heavy (non-hydrogen) atoms. The molecule has 1 saturated heterocycles. The quantitative estimate of drug-likeness (QED) is 0.891. The van der Waals surface area contributed by atoms with Crippen LogP contribution >= 0.6 is 0 Å². The van der Waals surface area contributed by atoms with Crippen LogP contribution in [0.3, 0.4) is 0 Å². The third-order valence-corrected chi connectivity index (χ3v) is 4.98. The molecular weight excluding hydrogens is 246 g/mol. The van der Waals surface area contributed by atoms with Crippen molar-refractivity contribution in [2.45, 2.75) is 59.4 Å². The average Bonchev–Trinajstić information content (AvgIpc) is 2.92. The Labute approximate surface area is 123 Å². The van der Waals surface area contributed by atoms with Crippen molar-refractivity contribution in [3.8, 4) is 0 Å². The molecule has 0 amide bonds. The van der Waals surface area contributed by atoms with Gasteiger partial charge in [-0.15, -0.1) is 0 Å². The van der Waals surface area contributed by atoms with Crippen LogP contribution in [0, 0.1) is 5.41 Å². The first-order valence-corrected chi connectivity index (χ1v) is 7.99. The van der Waals surface area contributed by atoms with Crippen molar-refractivity contribution in [2.24, 2.45) is 11.1 Å². The van der Waals surface area contributed by atoms with Crippen molar-refractivity contribution in [3.63, 3.8) is 0 Å². The van der Waals surface area contributed by atoms with Crippen LogP contribution in [0.5, 0.6) is 0 Å². The number of rotatable bonds is 5. The minimum atomic E-state index is 0.449. The molecule has 1 aromatic heterocycles. The van der Waals surface area contributed by atoms with Gasteiger partial charge in [-0.3, -0.25) is 0 Å². The normalized spacial score (nSPS) is 18.0. The maximum Gasteiger partial charge on any atom is 0.129 e. The zero-order valence-electron chi connectivity index (χ0n) is 13.4. The molecule has 112 valence electrons. The van der Waals surface area contributed by atoms with Gasteiger partial charge in [-0.25, -0.2) is 4.98 Å². The van der Waals surface area contributed by atoms with Gasteiger partial charge in [0.1, 0.15) is 5.82 Å². The summed E-state index contributed by atoms with van der Waals surface area (Å²) in [5.41, 5.74) is 8.69. The first-order chi connectivity index (χ1) is 9.53. The highest BCUT2D eigenvalue weighted by Crippen LogP contribution is 2.38. The SMILES string of the molecule is CCC1(CC)CCN(c2cc(CN)cc(C(C)C)n2)C1. The van der Waals surface area contributed by atoms with Gasteiger partial charge in [-0.2, -0.15) is 0 Å². The van der Waals surface area contributed by atoms with Crippen LogP contribution in [0.1, 0.15) is 64.1 Å². The molecule has 3 heteroatoms. The molecule has 3 nitrogen and oxygen atoms in total. The lowest BCUT2D eigenvalue weighted by molar-refractivity contribution is 0.301. The maximum absolute atomic E-state index is 5.85. The minimum absolute atomic E-state index is 0.449. The number of nitrogens with two attached hydrogens (primary N) is 1. The van der Waals surface area contributed by atoms with Gasteiger partial charge in [0, 0.05) is 25.3 Å². The van der Waals surface area contributed by atoms with Gasteiger partial charge >= 0.3 is 0 Å². The number of anilines is 1. The number of pyridine rings is 1. The van der Waals surface area contributed by atoms with Gasteiger partial charge < -0.3 is 10.6 Å². The molecule has 2 rings (SSSR count). The van der Waals surface area contributed by atoms with Gasteiger partial charge in [0.15, 0.2) is 0 Å². The monoisotopic (exact) mass is 275 g/mol. The standard InChI is InChI=1S/C17H29N3/c1-5-17(6-2)7-8-20(12-17)16-10-14(11-18)9-15(19-16)13(3)4/h9-10,13H,5-8,11-12,18H2,1-4H3. The Morgan fingerprint density at radius 2 is 2.00 bits per heavy atom. The highest BCUT2D eigenvalue weighted by atomic mass is 15.2. The molecule has 0 spiro atoms. The van der Waals surface area contributed by atoms with Crippen LogP contribution in [0.2, 0.25) is 0 Å². The lowest BCUT2D eigenvalue weighted by atomic mass is 9.82. The second kappa shape index (κ2) is 6.13. The van der Waals surface area contributed by atoms with Crippen LogP contribution in [-0.4, -0.2) is 18.1 Å². The van der Waals surface area contributed by atoms with Crippen molar-refractivity contribution >= 4 is 5.82 Å². The highest BCUT2D eigenvalue weighted by molar-refractivity contribution is 5.45. The molecule has 1 fully saturated rings. The van der Waals surface area contributed by atoms with E-state index in [9.17, 15) is 0 Å². The smallest absolute Gasteiger partial charge is 0.129 e. The molecule has 1 aromatic rings. The number of hydrogen-bond acceptors (Lipinski definition) is 3. The molecule has 0 radical (unpaired) electrons. The molecule has 2 N–H and O–H groups in total. The van der Waals surface area contributed by atoms with E-state index in [0.717, 1.165) is 24.6 Å². The largest absolute Gasteiger partial charge is 0.356 e. The predicted molar refractivity (Wildman–Crippen MR) is 86.1 cm³/mol. The van der Waals surface area contributed by atoms with Gasteiger partial charge in [-0.05, 0) is 48.3 Å². The summed E-state index contributed by atoms with van der Waals surface area (Å²) in [4.78, 5) is 7.32. The first-order valence-electron chi connectivity index (χ1n) is 7.99. The molecule has 0 saturated carbocycles. The van der Waals surface area contributed by atoms with E-state index in [4.69, 9.17) is 10.7 Å². The van der Waals surface area contributed by atoms with Crippen molar-refractivity contribution in [2.75, 3.05) is 18.0 Å². The zero-order chi connectivity index (χ0) is 14.8. The first kappa shape index (κ1) is 15.3. The van der Waals surface area contributed by atoms with Crippen LogP contribution in [0.15, 0.2) is 12.1 Å². The topological polar surface area (TPSA) is 42.1 Å². The Hall–Kier alpha value is -1.09. The van der Waals surface area contributed by atoms with Gasteiger partial charge in [0.2, 0.25) is 0 Å². The Morgan fingerprint density at radius 3 is 2.50 bits per heavy atom. The van der Waals surface area contributed by atoms with E-state index in [1.54, 1.807) is 0 Å². The Kier molecular flexibility index (Phi) is 4.69. The van der Waals surface area contributed by atoms with E-state index < -0.39 is 0 Å². The number of nitrogens with zero attached hydrogens (tertiary/aromatic N) is 2. The molecule has 1 aliphatic rings. The van der Waals surface area contributed by atoms with Gasteiger partial charge in [-0.1, -0.05) is 27.7 Å². The Morgan fingerprint density at radius 1 is 1.30 bits per heavy atom. The lowest BCUT2D eigenvalue weighted by Crippen LogP contribution is -2.27. The highest BCUT2D eigenvalue weighted by Gasteiger charge is 2.35. The van der Waals surface area contributed by atoms with E-state index in [1.165, 1.54) is 24.8 Å². The molecule has 0 bridgehead atoms. The van der Waals surface area contributed by atoms with E-state index in [-0.39, 0.29) is 0 Å². The summed E-state index contributed by atoms with van der Waals surface area (Å²) in [6.07, 6.45) is 3.80. The fourth-order valence-electron chi connectivity index (χ4n) is 3.13. The second-order valence-electron chi connectivity index (χ2n) is 6.50. The summed E-state index contributed by atoms with van der Waals surface area (Å²) in [5, 5.41) is 0. The fourth-order valence-corrected chi connectivity index (χ4v) is 3.13. The molecule has 0 aliphatic carbocycles. The lowest BCUT2D eigenvalue weighted by Gasteiger charge is -2.27. The summed E-state index contributed by atoms with van der Waals surface area (Å²) in [7, 11) is 0.